The summed E-state index contributed by atoms with van der Waals surface area (Å²) in [4.78, 5) is 12.6. The fourth-order valence-electron chi connectivity index (χ4n) is 3.13. The Hall–Kier alpha value is -3.23. The van der Waals surface area contributed by atoms with Crippen LogP contribution in [0.2, 0.25) is 0 Å². The first-order valence-electron chi connectivity index (χ1n) is 11.3. The lowest BCUT2D eigenvalue weighted by molar-refractivity contribution is -0.137. The van der Waals surface area contributed by atoms with Gasteiger partial charge in [0.2, 0.25) is 9.84 Å². The lowest BCUT2D eigenvalue weighted by Crippen LogP contribution is -2.01. The summed E-state index contributed by atoms with van der Waals surface area (Å²) in [5.41, 5.74) is 1.30. The molecule has 3 aromatic carbocycles. The van der Waals surface area contributed by atoms with Gasteiger partial charge in [0.25, 0.3) is 0 Å². The van der Waals surface area contributed by atoms with Crippen molar-refractivity contribution in [3.63, 3.8) is 0 Å². The summed E-state index contributed by atoms with van der Waals surface area (Å²) in [6.45, 7) is 3.82. The van der Waals surface area contributed by atoms with E-state index in [1.807, 2.05) is 24.3 Å². The van der Waals surface area contributed by atoms with Gasteiger partial charge in [0.05, 0.1) is 27.8 Å². The van der Waals surface area contributed by atoms with Gasteiger partial charge in [-0.25, -0.2) is 13.2 Å². The number of hydrogen-bond acceptors (Lipinski definition) is 7. The summed E-state index contributed by atoms with van der Waals surface area (Å²) in [6.07, 6.45) is 5.27. The fraction of sp³-hybridized carbons (Fsp3) is 0.222. The van der Waals surface area contributed by atoms with Crippen molar-refractivity contribution < 1.29 is 17.9 Å². The van der Waals surface area contributed by atoms with Crippen molar-refractivity contribution >= 4 is 38.9 Å². The van der Waals surface area contributed by atoms with Crippen molar-refractivity contribution in [2.24, 2.45) is 10.2 Å². The van der Waals surface area contributed by atoms with Crippen molar-refractivity contribution in [1.29, 1.82) is 0 Å². The third-order valence-electron chi connectivity index (χ3n) is 5.04. The number of esters is 1. The summed E-state index contributed by atoms with van der Waals surface area (Å²) in [6, 6.07) is 22.6. The number of carbonyl (C=O) groups is 1. The monoisotopic (exact) mass is 508 g/mol. The van der Waals surface area contributed by atoms with E-state index in [2.05, 4.69) is 16.8 Å². The van der Waals surface area contributed by atoms with Crippen molar-refractivity contribution in [3.05, 3.63) is 91.5 Å². The Morgan fingerprint density at radius 1 is 0.800 bits per heavy atom. The molecule has 0 aromatic heterocycles. The van der Waals surface area contributed by atoms with Crippen LogP contribution in [0.1, 0.15) is 25.7 Å². The first-order chi connectivity index (χ1) is 17.0. The van der Waals surface area contributed by atoms with Crippen molar-refractivity contribution in [3.8, 4) is 0 Å². The third kappa shape index (κ3) is 8.49. The molecule has 0 unspecified atom stereocenters. The van der Waals surface area contributed by atoms with Crippen molar-refractivity contribution in [2.45, 2.75) is 40.4 Å². The Labute approximate surface area is 211 Å². The molecule has 3 aromatic rings. The van der Waals surface area contributed by atoms with Crippen LogP contribution in [0.5, 0.6) is 0 Å². The zero-order valence-electron chi connectivity index (χ0n) is 19.4. The first-order valence-corrected chi connectivity index (χ1v) is 13.8. The molecule has 0 heterocycles. The second-order valence-electron chi connectivity index (χ2n) is 7.64. The molecular formula is C27H28N2O4S2. The number of thioether (sulfide) groups is 1. The summed E-state index contributed by atoms with van der Waals surface area (Å²) in [5.74, 6) is 0.654. The van der Waals surface area contributed by atoms with Crippen LogP contribution in [0.4, 0.5) is 11.4 Å². The summed E-state index contributed by atoms with van der Waals surface area (Å²) in [7, 11) is -3.54. The van der Waals surface area contributed by atoms with Gasteiger partial charge in [0.15, 0.2) is 0 Å². The molecule has 3 rings (SSSR count). The average molecular weight is 509 g/mol. The number of nitrogens with zero attached hydrogens (tertiary/aromatic N) is 2. The number of carbonyl (C=O) groups excluding carboxylic acids is 1. The van der Waals surface area contributed by atoms with Gasteiger partial charge in [-0.2, -0.15) is 10.2 Å². The molecule has 0 saturated carbocycles. The molecule has 6 nitrogen and oxygen atoms in total. The Balaban J connectivity index is 1.42. The van der Waals surface area contributed by atoms with Gasteiger partial charge in [-0.15, -0.1) is 11.8 Å². The summed E-state index contributed by atoms with van der Waals surface area (Å²) >= 11 is 1.79. The van der Waals surface area contributed by atoms with E-state index >= 15 is 0 Å². The van der Waals surface area contributed by atoms with Gasteiger partial charge >= 0.3 is 5.97 Å². The topological polar surface area (TPSA) is 85.2 Å². The number of hydrogen-bond donors (Lipinski definition) is 0. The molecule has 0 atom stereocenters. The molecule has 0 N–H and O–H groups in total. The maximum atomic E-state index is 12.7. The van der Waals surface area contributed by atoms with Crippen molar-refractivity contribution in [1.82, 2.24) is 0 Å². The van der Waals surface area contributed by atoms with Crippen LogP contribution in [0.3, 0.4) is 0 Å². The van der Waals surface area contributed by atoms with Gasteiger partial charge in [-0.3, -0.25) is 0 Å². The van der Waals surface area contributed by atoms with E-state index in [4.69, 9.17) is 4.74 Å². The minimum absolute atomic E-state index is 0.222. The Kier molecular flexibility index (Phi) is 10.3. The van der Waals surface area contributed by atoms with Crippen LogP contribution in [-0.4, -0.2) is 26.7 Å². The molecule has 0 aliphatic heterocycles. The second-order valence-corrected chi connectivity index (χ2v) is 10.8. The largest absolute Gasteiger partial charge is 0.463 e. The van der Waals surface area contributed by atoms with Crippen LogP contribution in [0, 0.1) is 0 Å². The Morgan fingerprint density at radius 2 is 1.37 bits per heavy atom. The van der Waals surface area contributed by atoms with Crippen LogP contribution in [0.25, 0.3) is 0 Å². The number of rotatable bonds is 13. The molecule has 0 bridgehead atoms. The lowest BCUT2D eigenvalue weighted by atomic mass is 10.2. The standard InChI is InChI=1S/C27H28N2O4S2/c1-2-27(30)33-20-8-3-4-9-21-34-24-16-12-22(13-17-24)28-29-23-14-18-26(19-15-23)35(31,32)25-10-6-5-7-11-25/h2,5-7,10-19H,1,3-4,8-9,20-21H2/b29-28+. The van der Waals surface area contributed by atoms with Crippen LogP contribution < -0.4 is 0 Å². The van der Waals surface area contributed by atoms with E-state index in [0.717, 1.165) is 37.1 Å². The number of benzene rings is 3. The highest BCUT2D eigenvalue weighted by atomic mass is 32.2. The van der Waals surface area contributed by atoms with Crippen molar-refractivity contribution in [2.75, 3.05) is 12.4 Å². The Bertz CT molecular complexity index is 1220. The van der Waals surface area contributed by atoms with Gasteiger partial charge in [0.1, 0.15) is 0 Å². The average Bonchev–Trinajstić information content (AvgIpc) is 2.90. The molecule has 0 aliphatic carbocycles. The summed E-state index contributed by atoms with van der Waals surface area (Å²) in [5, 5.41) is 8.46. The van der Waals surface area contributed by atoms with E-state index in [0.29, 0.717) is 12.3 Å². The minimum Gasteiger partial charge on any atom is -0.463 e. The molecule has 182 valence electrons. The first kappa shape index (κ1) is 26.4. The zero-order chi connectivity index (χ0) is 24.9. The van der Waals surface area contributed by atoms with E-state index in [1.165, 1.54) is 11.0 Å². The molecule has 35 heavy (non-hydrogen) atoms. The Morgan fingerprint density at radius 3 is 2.00 bits per heavy atom. The van der Waals surface area contributed by atoms with E-state index in [1.54, 1.807) is 66.4 Å². The highest BCUT2D eigenvalue weighted by molar-refractivity contribution is 7.99. The predicted molar refractivity (Wildman–Crippen MR) is 139 cm³/mol. The third-order valence-corrected chi connectivity index (χ3v) is 7.92. The van der Waals surface area contributed by atoms with Crippen LogP contribution in [-0.2, 0) is 19.4 Å². The molecule has 0 aliphatic rings. The lowest BCUT2D eigenvalue weighted by Gasteiger charge is -2.04. The molecular weight excluding hydrogens is 480 g/mol. The minimum atomic E-state index is -3.54. The SMILES string of the molecule is C=CC(=O)OCCCCCCSc1ccc(/N=N/c2ccc(S(=O)(=O)c3ccccc3)cc2)cc1. The second kappa shape index (κ2) is 13.6. The molecule has 0 radical (unpaired) electrons. The maximum absolute atomic E-state index is 12.7. The fourth-order valence-corrected chi connectivity index (χ4v) is 5.33. The normalized spacial score (nSPS) is 11.4. The van der Waals surface area contributed by atoms with Crippen LogP contribution >= 0.6 is 11.8 Å². The van der Waals surface area contributed by atoms with Gasteiger partial charge < -0.3 is 4.74 Å². The number of unbranched alkanes of at least 4 members (excludes halogenated alkanes) is 3. The van der Waals surface area contributed by atoms with E-state index in [9.17, 15) is 13.2 Å². The molecule has 0 fully saturated rings. The highest BCUT2D eigenvalue weighted by Crippen LogP contribution is 2.26. The van der Waals surface area contributed by atoms with E-state index in [-0.39, 0.29) is 15.8 Å². The van der Waals surface area contributed by atoms with E-state index < -0.39 is 9.84 Å². The van der Waals surface area contributed by atoms with Crippen LogP contribution in [0.15, 0.2) is 116 Å². The zero-order valence-corrected chi connectivity index (χ0v) is 21.0. The number of ether oxygens (including phenoxy) is 1. The number of azo groups is 1. The maximum Gasteiger partial charge on any atom is 0.330 e. The highest BCUT2D eigenvalue weighted by Gasteiger charge is 2.16. The number of sulfone groups is 1. The predicted octanol–water partition coefficient (Wildman–Crippen LogP) is 7.32. The molecule has 0 amide bonds. The quantitative estimate of drug-likeness (QED) is 0.0794. The smallest absolute Gasteiger partial charge is 0.330 e. The molecule has 0 spiro atoms. The van der Waals surface area contributed by atoms with Gasteiger partial charge in [-0.1, -0.05) is 37.6 Å². The van der Waals surface area contributed by atoms with Gasteiger partial charge in [0, 0.05) is 11.0 Å². The molecule has 0 saturated heterocycles. The van der Waals surface area contributed by atoms with Gasteiger partial charge in [-0.05, 0) is 79.3 Å². The molecule has 8 heteroatoms. The summed E-state index contributed by atoms with van der Waals surface area (Å²) < 4.78 is 30.3.